The highest BCUT2D eigenvalue weighted by Gasteiger charge is 2.36. The third-order valence-corrected chi connectivity index (χ3v) is 7.13. The summed E-state index contributed by atoms with van der Waals surface area (Å²) in [6.45, 7) is 3.59. The Hall–Kier alpha value is -4.85. The number of nitro groups is 1. The Labute approximate surface area is 247 Å². The zero-order chi connectivity index (χ0) is 31.5. The standard InChI is InChI=1S/C29H24F3N3O7S/c1-16(2)18-5-8-20(9-6-18)33-26(36)15-34-27(37)25(43-28(34)38)13-17-4-10-23(24(12-17)41-3)42-22-11-7-19(29(30,31)32)14-21(22)35(39)40/h4-14,16H,15H2,1-3H3,(H,33,36)/b25-13+. The molecule has 0 saturated carbocycles. The van der Waals surface area contributed by atoms with Crippen LogP contribution >= 0.6 is 11.8 Å². The normalized spacial score (nSPS) is 14.4. The van der Waals surface area contributed by atoms with Gasteiger partial charge in [0, 0.05) is 11.8 Å². The van der Waals surface area contributed by atoms with Gasteiger partial charge in [-0.25, -0.2) is 0 Å². The van der Waals surface area contributed by atoms with E-state index in [-0.39, 0.29) is 16.4 Å². The predicted molar refractivity (Wildman–Crippen MR) is 153 cm³/mol. The minimum Gasteiger partial charge on any atom is -0.493 e. The number of carbonyl (C=O) groups is 3. The van der Waals surface area contributed by atoms with Crippen LogP contribution < -0.4 is 14.8 Å². The first-order chi connectivity index (χ1) is 20.3. The largest absolute Gasteiger partial charge is 0.493 e. The summed E-state index contributed by atoms with van der Waals surface area (Å²) in [6, 6.07) is 13.3. The topological polar surface area (TPSA) is 128 Å². The van der Waals surface area contributed by atoms with Crippen LogP contribution in [0.25, 0.3) is 6.08 Å². The van der Waals surface area contributed by atoms with Gasteiger partial charge in [0.1, 0.15) is 6.54 Å². The van der Waals surface area contributed by atoms with E-state index in [1.54, 1.807) is 12.1 Å². The molecule has 1 aliphatic rings. The third-order valence-electron chi connectivity index (χ3n) is 6.22. The van der Waals surface area contributed by atoms with Gasteiger partial charge in [-0.15, -0.1) is 0 Å². The third kappa shape index (κ3) is 7.33. The summed E-state index contributed by atoms with van der Waals surface area (Å²) in [5.41, 5.74) is -0.114. The van der Waals surface area contributed by atoms with E-state index < -0.39 is 51.7 Å². The molecule has 43 heavy (non-hydrogen) atoms. The van der Waals surface area contributed by atoms with Crippen molar-refractivity contribution in [2.75, 3.05) is 19.0 Å². The molecule has 10 nitrogen and oxygen atoms in total. The summed E-state index contributed by atoms with van der Waals surface area (Å²) in [5, 5.41) is 13.4. The monoisotopic (exact) mass is 615 g/mol. The fraction of sp³-hybridized carbons (Fsp3) is 0.207. The van der Waals surface area contributed by atoms with E-state index in [9.17, 15) is 37.7 Å². The molecular weight excluding hydrogens is 591 g/mol. The molecule has 1 aliphatic heterocycles. The van der Waals surface area contributed by atoms with Crippen molar-refractivity contribution in [1.82, 2.24) is 4.90 Å². The van der Waals surface area contributed by atoms with E-state index in [2.05, 4.69) is 5.32 Å². The average molecular weight is 616 g/mol. The second-order valence-electron chi connectivity index (χ2n) is 9.54. The van der Waals surface area contributed by atoms with Gasteiger partial charge in [0.25, 0.3) is 11.1 Å². The first kappa shape index (κ1) is 31.1. The van der Waals surface area contributed by atoms with Gasteiger partial charge in [-0.05, 0) is 71.3 Å². The summed E-state index contributed by atoms with van der Waals surface area (Å²) in [7, 11) is 1.27. The molecule has 0 aliphatic carbocycles. The van der Waals surface area contributed by atoms with Crippen LogP contribution in [0.3, 0.4) is 0 Å². The number of imide groups is 1. The summed E-state index contributed by atoms with van der Waals surface area (Å²) < 4.78 is 49.9. The van der Waals surface area contributed by atoms with Crippen molar-refractivity contribution in [1.29, 1.82) is 0 Å². The predicted octanol–water partition coefficient (Wildman–Crippen LogP) is 7.21. The molecule has 14 heteroatoms. The minimum atomic E-state index is -4.79. The molecule has 1 N–H and O–H groups in total. The minimum absolute atomic E-state index is 0.0354. The fourth-order valence-electron chi connectivity index (χ4n) is 3.98. The molecule has 0 aromatic heterocycles. The van der Waals surface area contributed by atoms with Gasteiger partial charge in [-0.1, -0.05) is 32.0 Å². The smallest absolute Gasteiger partial charge is 0.416 e. The van der Waals surface area contributed by atoms with Crippen LogP contribution in [0.5, 0.6) is 17.2 Å². The second kappa shape index (κ2) is 12.6. The van der Waals surface area contributed by atoms with Crippen LogP contribution in [0.4, 0.5) is 29.3 Å². The molecule has 3 aromatic carbocycles. The summed E-state index contributed by atoms with van der Waals surface area (Å²) >= 11 is 0.638. The Bertz CT molecular complexity index is 1620. The molecule has 0 unspecified atom stereocenters. The Morgan fingerprint density at radius 1 is 1.05 bits per heavy atom. The Morgan fingerprint density at radius 2 is 1.72 bits per heavy atom. The quantitative estimate of drug-likeness (QED) is 0.152. The van der Waals surface area contributed by atoms with Gasteiger partial charge in [-0.2, -0.15) is 13.2 Å². The van der Waals surface area contributed by atoms with E-state index in [1.165, 1.54) is 31.4 Å². The highest BCUT2D eigenvalue weighted by molar-refractivity contribution is 8.18. The lowest BCUT2D eigenvalue weighted by molar-refractivity contribution is -0.385. The molecule has 1 heterocycles. The number of hydrogen-bond donors (Lipinski definition) is 1. The Balaban J connectivity index is 1.48. The molecule has 3 amide bonds. The lowest BCUT2D eigenvalue weighted by Crippen LogP contribution is -2.36. The van der Waals surface area contributed by atoms with Crippen molar-refractivity contribution in [3.05, 3.63) is 92.4 Å². The number of ether oxygens (including phenoxy) is 2. The molecule has 3 aromatic rings. The maximum atomic E-state index is 13.0. The number of anilines is 1. The van der Waals surface area contributed by atoms with Crippen molar-refractivity contribution < 1.29 is 42.0 Å². The number of nitrogens with zero attached hydrogens (tertiary/aromatic N) is 2. The van der Waals surface area contributed by atoms with Crippen molar-refractivity contribution in [2.24, 2.45) is 0 Å². The van der Waals surface area contributed by atoms with Gasteiger partial charge in [0.2, 0.25) is 11.7 Å². The number of methoxy groups -OCH3 is 1. The van der Waals surface area contributed by atoms with Crippen molar-refractivity contribution >= 4 is 46.3 Å². The zero-order valence-electron chi connectivity index (χ0n) is 22.9. The van der Waals surface area contributed by atoms with Crippen LogP contribution in [0, 0.1) is 10.1 Å². The van der Waals surface area contributed by atoms with E-state index in [0.717, 1.165) is 16.5 Å². The summed E-state index contributed by atoms with van der Waals surface area (Å²) in [4.78, 5) is 49.2. The molecule has 4 rings (SSSR count). The number of nitrogens with one attached hydrogen (secondary N) is 1. The summed E-state index contributed by atoms with van der Waals surface area (Å²) in [6.07, 6.45) is -3.40. The van der Waals surface area contributed by atoms with E-state index >= 15 is 0 Å². The van der Waals surface area contributed by atoms with Crippen LogP contribution in [-0.4, -0.2) is 40.5 Å². The van der Waals surface area contributed by atoms with Crippen LogP contribution in [-0.2, 0) is 15.8 Å². The van der Waals surface area contributed by atoms with Gasteiger partial charge in [0.05, 0.1) is 22.5 Å². The van der Waals surface area contributed by atoms with Crippen molar-refractivity contribution in [2.45, 2.75) is 25.9 Å². The van der Waals surface area contributed by atoms with E-state index in [1.807, 2.05) is 26.0 Å². The number of alkyl halides is 3. The van der Waals surface area contributed by atoms with Crippen LogP contribution in [0.1, 0.15) is 36.5 Å². The molecular formula is C29H24F3N3O7S. The Morgan fingerprint density at radius 3 is 2.33 bits per heavy atom. The SMILES string of the molecule is COc1cc(/C=C2/SC(=O)N(CC(=O)Nc3ccc(C(C)C)cc3)C2=O)ccc1Oc1ccc(C(F)(F)F)cc1[N+](=O)[O-]. The van der Waals surface area contributed by atoms with E-state index in [0.29, 0.717) is 41.1 Å². The summed E-state index contributed by atoms with van der Waals surface area (Å²) in [5.74, 6) is -1.37. The lowest BCUT2D eigenvalue weighted by atomic mass is 10.0. The van der Waals surface area contributed by atoms with Crippen LogP contribution in [0.2, 0.25) is 0 Å². The first-order valence-corrected chi connectivity index (χ1v) is 13.4. The zero-order valence-corrected chi connectivity index (χ0v) is 23.7. The number of halogens is 3. The maximum absolute atomic E-state index is 13.0. The van der Waals surface area contributed by atoms with Gasteiger partial charge >= 0.3 is 11.9 Å². The number of rotatable bonds is 9. The van der Waals surface area contributed by atoms with E-state index in [4.69, 9.17) is 9.47 Å². The number of carbonyl (C=O) groups excluding carboxylic acids is 3. The number of thioether (sulfide) groups is 1. The molecule has 0 bridgehead atoms. The Kier molecular flexibility index (Phi) is 9.09. The number of nitro benzene ring substituents is 1. The van der Waals surface area contributed by atoms with Gasteiger partial charge in [-0.3, -0.25) is 29.4 Å². The average Bonchev–Trinajstić information content (AvgIpc) is 3.20. The molecule has 1 fully saturated rings. The number of benzene rings is 3. The second-order valence-corrected chi connectivity index (χ2v) is 10.5. The molecule has 0 atom stereocenters. The fourth-order valence-corrected chi connectivity index (χ4v) is 4.82. The number of hydrogen-bond acceptors (Lipinski definition) is 8. The lowest BCUT2D eigenvalue weighted by Gasteiger charge is -2.13. The maximum Gasteiger partial charge on any atom is 0.416 e. The van der Waals surface area contributed by atoms with Crippen molar-refractivity contribution in [3.63, 3.8) is 0 Å². The number of amides is 3. The molecule has 0 spiro atoms. The first-order valence-electron chi connectivity index (χ1n) is 12.6. The van der Waals surface area contributed by atoms with Crippen LogP contribution in [0.15, 0.2) is 65.6 Å². The van der Waals surface area contributed by atoms with Crippen molar-refractivity contribution in [3.8, 4) is 17.2 Å². The van der Waals surface area contributed by atoms with Gasteiger partial charge < -0.3 is 14.8 Å². The highest BCUT2D eigenvalue weighted by Crippen LogP contribution is 2.41. The molecule has 224 valence electrons. The highest BCUT2D eigenvalue weighted by atomic mass is 32.2. The molecule has 0 radical (unpaired) electrons. The molecule has 1 saturated heterocycles. The van der Waals surface area contributed by atoms with Gasteiger partial charge in [0.15, 0.2) is 11.5 Å².